The van der Waals surface area contributed by atoms with E-state index >= 15 is 0 Å². The van der Waals surface area contributed by atoms with Gasteiger partial charge in [-0.25, -0.2) is 0 Å². The van der Waals surface area contributed by atoms with Crippen LogP contribution in [-0.2, 0) is 33.3 Å². The molecule has 4 saturated heterocycles. The Kier molecular flexibility index (Phi) is 11.9. The molecule has 4 rings (SSSR count). The van der Waals surface area contributed by atoms with Gasteiger partial charge in [-0.15, -0.1) is 0 Å². The van der Waals surface area contributed by atoms with Crippen molar-refractivity contribution in [2.75, 3.05) is 0 Å². The molecule has 236 valence electrons. The predicted molar refractivity (Wildman–Crippen MR) is 157 cm³/mol. The highest BCUT2D eigenvalue weighted by atomic mass is 16.6. The minimum atomic E-state index is -0.372. The van der Waals surface area contributed by atoms with Crippen molar-refractivity contribution in [2.24, 2.45) is 29.4 Å². The van der Waals surface area contributed by atoms with Crippen LogP contribution in [0.1, 0.15) is 119 Å². The zero-order chi connectivity index (χ0) is 29.7. The second-order valence-corrected chi connectivity index (χ2v) is 13.6. The van der Waals surface area contributed by atoms with Crippen LogP contribution in [0.2, 0.25) is 0 Å². The summed E-state index contributed by atoms with van der Waals surface area (Å²) in [7, 11) is 0. The highest BCUT2D eigenvalue weighted by Gasteiger charge is 2.46. The molecule has 0 radical (unpaired) electrons. The van der Waals surface area contributed by atoms with Gasteiger partial charge in [0.15, 0.2) is 0 Å². The van der Waals surface area contributed by atoms with Crippen LogP contribution < -0.4 is 5.73 Å². The number of hydrogen-bond acceptors (Lipinski definition) is 8. The standard InChI is InChI=1S/C33H57NO7/c1-7-9-23(34)17-25-11-13-27(37-25)19(3)31-20(4)28-15-16-30(40-28)22(6)32(35)39-24(10-8-2)18-26-12-14-29(38-26)21(5)33(36)41-31/h19-31H,7-18,34H2,1-6H3/t19-,20-,21+,22-,23-,24-,25+,26+,27-,28+,29-,30-,31+/m1/s1. The molecule has 41 heavy (non-hydrogen) atoms. The monoisotopic (exact) mass is 579 g/mol. The fourth-order valence-electron chi connectivity index (χ4n) is 7.61. The third-order valence-electron chi connectivity index (χ3n) is 10.3. The third-order valence-corrected chi connectivity index (χ3v) is 10.3. The number of nitrogens with two attached hydrogens (primary N) is 1. The third kappa shape index (κ3) is 8.24. The summed E-state index contributed by atoms with van der Waals surface area (Å²) in [6.45, 7) is 12.4. The number of carbonyl (C=O) groups excluding carboxylic acids is 2. The van der Waals surface area contributed by atoms with Crippen molar-refractivity contribution in [1.29, 1.82) is 0 Å². The van der Waals surface area contributed by atoms with Gasteiger partial charge in [0.1, 0.15) is 12.2 Å². The van der Waals surface area contributed by atoms with Crippen molar-refractivity contribution in [3.63, 3.8) is 0 Å². The maximum atomic E-state index is 13.6. The van der Waals surface area contributed by atoms with Crippen LogP contribution in [0.4, 0.5) is 0 Å². The molecule has 8 heteroatoms. The molecule has 8 nitrogen and oxygen atoms in total. The average molecular weight is 580 g/mol. The Hall–Kier alpha value is -1.22. The fraction of sp³-hybridized carbons (Fsp3) is 0.939. The van der Waals surface area contributed by atoms with Gasteiger partial charge in [-0.2, -0.15) is 0 Å². The van der Waals surface area contributed by atoms with E-state index in [4.69, 9.17) is 29.4 Å². The van der Waals surface area contributed by atoms with Crippen molar-refractivity contribution in [3.05, 3.63) is 0 Å². The van der Waals surface area contributed by atoms with E-state index in [9.17, 15) is 9.59 Å². The Morgan fingerprint density at radius 2 is 1.44 bits per heavy atom. The summed E-state index contributed by atoms with van der Waals surface area (Å²) in [4.78, 5) is 26.9. The Morgan fingerprint density at radius 1 is 0.780 bits per heavy atom. The van der Waals surface area contributed by atoms with Crippen LogP contribution in [0.5, 0.6) is 0 Å². The largest absolute Gasteiger partial charge is 0.462 e. The van der Waals surface area contributed by atoms with Crippen LogP contribution in [-0.4, -0.2) is 66.8 Å². The Morgan fingerprint density at radius 3 is 2.15 bits per heavy atom. The number of ether oxygens (including phenoxy) is 5. The lowest BCUT2D eigenvalue weighted by Gasteiger charge is -2.36. The molecule has 0 aromatic carbocycles. The molecule has 4 aliphatic heterocycles. The minimum absolute atomic E-state index is 0.00342. The van der Waals surface area contributed by atoms with Crippen LogP contribution >= 0.6 is 0 Å². The van der Waals surface area contributed by atoms with E-state index in [2.05, 4.69) is 27.7 Å². The highest BCUT2D eigenvalue weighted by Crippen LogP contribution is 2.39. The van der Waals surface area contributed by atoms with Crippen molar-refractivity contribution >= 4 is 11.9 Å². The number of fused-ring (bicyclic) bond motifs is 4. The first-order valence-corrected chi connectivity index (χ1v) is 16.7. The second-order valence-electron chi connectivity index (χ2n) is 13.6. The molecular formula is C33H57NO7. The molecule has 4 aliphatic rings. The van der Waals surface area contributed by atoms with Crippen LogP contribution in [0.3, 0.4) is 0 Å². The van der Waals surface area contributed by atoms with E-state index in [0.717, 1.165) is 70.6 Å². The smallest absolute Gasteiger partial charge is 0.311 e. The van der Waals surface area contributed by atoms with E-state index in [1.54, 1.807) is 0 Å². The van der Waals surface area contributed by atoms with Crippen LogP contribution in [0.15, 0.2) is 0 Å². The number of carbonyl (C=O) groups is 2. The zero-order valence-electron chi connectivity index (χ0n) is 26.4. The van der Waals surface area contributed by atoms with E-state index < -0.39 is 0 Å². The summed E-state index contributed by atoms with van der Waals surface area (Å²) in [5, 5.41) is 0. The Balaban J connectivity index is 1.52. The molecule has 0 aromatic heterocycles. The normalized spacial score (nSPS) is 42.1. The maximum absolute atomic E-state index is 13.6. The van der Waals surface area contributed by atoms with Gasteiger partial charge in [-0.1, -0.05) is 40.5 Å². The van der Waals surface area contributed by atoms with Crippen LogP contribution in [0, 0.1) is 23.7 Å². The molecule has 0 aromatic rings. The first kappa shape index (κ1) is 32.7. The number of cyclic esters (lactones) is 2. The number of hydrogen-bond donors (Lipinski definition) is 1. The first-order chi connectivity index (χ1) is 19.6. The topological polar surface area (TPSA) is 106 Å². The molecule has 0 unspecified atom stereocenters. The summed E-state index contributed by atoms with van der Waals surface area (Å²) < 4.78 is 31.9. The van der Waals surface area contributed by atoms with Gasteiger partial charge in [0, 0.05) is 24.3 Å². The molecule has 4 bridgehead atoms. The molecule has 0 spiro atoms. The summed E-state index contributed by atoms with van der Waals surface area (Å²) >= 11 is 0. The van der Waals surface area contributed by atoms with Crippen LogP contribution in [0.25, 0.3) is 0 Å². The molecule has 0 saturated carbocycles. The van der Waals surface area contributed by atoms with E-state index in [0.29, 0.717) is 6.42 Å². The molecule has 2 N–H and O–H groups in total. The minimum Gasteiger partial charge on any atom is -0.462 e. The number of esters is 2. The van der Waals surface area contributed by atoms with Crippen molar-refractivity contribution in [2.45, 2.75) is 173 Å². The molecule has 4 fully saturated rings. The van der Waals surface area contributed by atoms with Gasteiger partial charge in [-0.3, -0.25) is 9.59 Å². The molecule has 0 amide bonds. The molecule has 4 heterocycles. The summed E-state index contributed by atoms with van der Waals surface area (Å²) in [6, 6.07) is 0.157. The molecule has 0 aliphatic carbocycles. The predicted octanol–water partition coefficient (Wildman–Crippen LogP) is 5.72. The van der Waals surface area contributed by atoms with Crippen molar-refractivity contribution < 1.29 is 33.3 Å². The van der Waals surface area contributed by atoms with Crippen molar-refractivity contribution in [1.82, 2.24) is 0 Å². The number of rotatable bonds is 8. The lowest BCUT2D eigenvalue weighted by Crippen LogP contribution is -2.44. The van der Waals surface area contributed by atoms with Gasteiger partial charge in [-0.05, 0) is 71.6 Å². The maximum Gasteiger partial charge on any atom is 0.311 e. The van der Waals surface area contributed by atoms with E-state index in [-0.39, 0.29) is 90.5 Å². The fourth-order valence-corrected chi connectivity index (χ4v) is 7.61. The lowest BCUT2D eigenvalue weighted by atomic mass is 9.84. The van der Waals surface area contributed by atoms with Gasteiger partial charge in [0.05, 0.1) is 48.5 Å². The SMILES string of the molecule is CCC[C@@H](N)C[C@@H]1CC[C@H]([C@@H](C)[C@@H]2OC(=O)[C@@H](C)[C@H]3CC[C@@H](C[C@@H](CCC)OC(=O)[C@H](C)[C@H]4CC[C@H](O4)[C@H]2C)O3)O1. The molecule has 13 atom stereocenters. The van der Waals surface area contributed by atoms with E-state index in [1.165, 1.54) is 0 Å². The van der Waals surface area contributed by atoms with Gasteiger partial charge >= 0.3 is 11.9 Å². The average Bonchev–Trinajstić information content (AvgIpc) is 3.71. The van der Waals surface area contributed by atoms with Gasteiger partial charge in [0.2, 0.25) is 0 Å². The van der Waals surface area contributed by atoms with E-state index in [1.807, 2.05) is 13.8 Å². The van der Waals surface area contributed by atoms with Crippen molar-refractivity contribution in [3.8, 4) is 0 Å². The van der Waals surface area contributed by atoms with Gasteiger partial charge in [0.25, 0.3) is 0 Å². The zero-order valence-corrected chi connectivity index (χ0v) is 26.4. The molecular weight excluding hydrogens is 522 g/mol. The van der Waals surface area contributed by atoms with Gasteiger partial charge < -0.3 is 29.4 Å². The summed E-state index contributed by atoms with van der Waals surface area (Å²) in [5.74, 6) is -1.14. The highest BCUT2D eigenvalue weighted by molar-refractivity contribution is 5.73. The first-order valence-electron chi connectivity index (χ1n) is 16.7. The summed E-state index contributed by atoms with van der Waals surface area (Å²) in [5.41, 5.74) is 6.33. The Bertz CT molecular complexity index is 853. The summed E-state index contributed by atoms with van der Waals surface area (Å²) in [6.07, 6.45) is 9.65. The Labute approximate surface area is 248 Å². The second kappa shape index (κ2) is 15.0. The quantitative estimate of drug-likeness (QED) is 0.364. The lowest BCUT2D eigenvalue weighted by molar-refractivity contribution is -0.175.